The number of hydrogen-bond acceptors (Lipinski definition) is 1. The number of thiophene rings is 1. The molecule has 1 aliphatic carbocycles. The third kappa shape index (κ3) is 4.35. The Labute approximate surface area is 299 Å². The molecule has 0 radical (unpaired) electrons. The number of hydrogen-bond donors (Lipinski definition) is 0. The minimum absolute atomic E-state index is 1.08. The van der Waals surface area contributed by atoms with Crippen LogP contribution in [0.2, 0.25) is 0 Å². The van der Waals surface area contributed by atoms with Crippen molar-refractivity contribution in [1.82, 2.24) is 9.13 Å². The standard InChI is InChI=1S/C48H32N2S/c1-3-13-31(14-4-1)40-29-35(30-42-39-19-9-12-22-47(39)51-48(40)42)50-44-21-11-8-18-37(44)41-27-32(24-26-45(41)50)33-23-25-38-36-17-7-10-20-43(36)49(46(38)28-33)34-15-5-2-6-16-34/h2-3,5-30H,1,4H2. The highest BCUT2D eigenvalue weighted by Gasteiger charge is 2.19. The summed E-state index contributed by atoms with van der Waals surface area (Å²) >= 11 is 1.91. The number of nitrogens with zero attached hydrogens (tertiary/aromatic N) is 2. The molecule has 0 amide bonds. The Morgan fingerprint density at radius 1 is 0.431 bits per heavy atom. The summed E-state index contributed by atoms with van der Waals surface area (Å²) < 4.78 is 7.58. The molecule has 3 aromatic heterocycles. The number of benzene rings is 7. The smallest absolute Gasteiger partial charge is 0.0547 e. The van der Waals surface area contributed by atoms with E-state index in [2.05, 4.69) is 179 Å². The van der Waals surface area contributed by atoms with Gasteiger partial charge in [-0.2, -0.15) is 0 Å². The highest BCUT2D eigenvalue weighted by molar-refractivity contribution is 7.26. The maximum atomic E-state index is 2.48. The Kier molecular flexibility index (Phi) is 6.28. The molecule has 3 heterocycles. The predicted molar refractivity (Wildman–Crippen MR) is 220 cm³/mol. The first-order valence-electron chi connectivity index (χ1n) is 17.8. The highest BCUT2D eigenvalue weighted by Crippen LogP contribution is 2.43. The second-order valence-electron chi connectivity index (χ2n) is 13.6. The minimum Gasteiger partial charge on any atom is -0.309 e. The van der Waals surface area contributed by atoms with Gasteiger partial charge in [0.15, 0.2) is 0 Å². The van der Waals surface area contributed by atoms with Crippen LogP contribution in [0.5, 0.6) is 0 Å². The molecule has 0 aliphatic heterocycles. The average molecular weight is 669 g/mol. The van der Waals surface area contributed by atoms with E-state index in [0.717, 1.165) is 12.8 Å². The molecular formula is C48H32N2S. The van der Waals surface area contributed by atoms with Gasteiger partial charge in [0.05, 0.1) is 22.1 Å². The molecule has 0 bridgehead atoms. The lowest BCUT2D eigenvalue weighted by molar-refractivity contribution is 1.04. The Balaban J connectivity index is 1.14. The summed E-state index contributed by atoms with van der Waals surface area (Å²) in [5.74, 6) is 0. The first kappa shape index (κ1) is 28.7. The molecule has 7 aromatic carbocycles. The fourth-order valence-corrected chi connectivity index (χ4v) is 9.62. The molecule has 2 nitrogen and oxygen atoms in total. The van der Waals surface area contributed by atoms with Gasteiger partial charge >= 0.3 is 0 Å². The van der Waals surface area contributed by atoms with Crippen LogP contribution in [0.4, 0.5) is 0 Å². The van der Waals surface area contributed by atoms with Gasteiger partial charge in [-0.3, -0.25) is 0 Å². The van der Waals surface area contributed by atoms with Crippen LogP contribution in [0.3, 0.4) is 0 Å². The first-order chi connectivity index (χ1) is 25.3. The van der Waals surface area contributed by atoms with Crippen molar-refractivity contribution in [2.24, 2.45) is 0 Å². The van der Waals surface area contributed by atoms with Gasteiger partial charge in [-0.05, 0) is 90.2 Å². The molecule has 51 heavy (non-hydrogen) atoms. The molecular weight excluding hydrogens is 637 g/mol. The Morgan fingerprint density at radius 3 is 1.88 bits per heavy atom. The summed E-state index contributed by atoms with van der Waals surface area (Å²) in [6, 6.07) is 56.0. The Morgan fingerprint density at radius 2 is 1.08 bits per heavy atom. The fraction of sp³-hybridized carbons (Fsp3) is 0.0417. The summed E-state index contributed by atoms with van der Waals surface area (Å²) in [4.78, 5) is 0. The van der Waals surface area contributed by atoms with Crippen molar-refractivity contribution in [2.75, 3.05) is 0 Å². The van der Waals surface area contributed by atoms with E-state index in [4.69, 9.17) is 0 Å². The monoisotopic (exact) mass is 668 g/mol. The van der Waals surface area contributed by atoms with E-state index in [1.807, 2.05) is 11.3 Å². The highest BCUT2D eigenvalue weighted by atomic mass is 32.1. The predicted octanol–water partition coefficient (Wildman–Crippen LogP) is 13.6. The maximum Gasteiger partial charge on any atom is 0.0547 e. The van der Waals surface area contributed by atoms with Gasteiger partial charge in [0.25, 0.3) is 0 Å². The number of aromatic nitrogens is 2. The molecule has 3 heteroatoms. The van der Waals surface area contributed by atoms with Gasteiger partial charge < -0.3 is 9.13 Å². The number of rotatable bonds is 4. The van der Waals surface area contributed by atoms with Crippen LogP contribution in [0, 0.1) is 0 Å². The summed E-state index contributed by atoms with van der Waals surface area (Å²) in [5.41, 5.74) is 12.3. The van der Waals surface area contributed by atoms with Crippen LogP contribution >= 0.6 is 11.3 Å². The van der Waals surface area contributed by atoms with Gasteiger partial charge in [0.2, 0.25) is 0 Å². The minimum atomic E-state index is 1.08. The summed E-state index contributed by atoms with van der Waals surface area (Å²) in [5, 5.41) is 7.73. The normalized spacial score (nSPS) is 13.4. The SMILES string of the molecule is C1=CC(c2cc(-n3c4ccccc4c4cc(-c5ccc6c7ccccc7n(-c7ccccc7)c6c5)ccc43)cc3c2sc2ccccc23)=CCC1. The van der Waals surface area contributed by atoms with Gasteiger partial charge in [-0.15, -0.1) is 11.3 Å². The van der Waals surface area contributed by atoms with Crippen molar-refractivity contribution in [3.05, 3.63) is 175 Å². The van der Waals surface area contributed by atoms with Crippen molar-refractivity contribution in [3.8, 4) is 22.5 Å². The van der Waals surface area contributed by atoms with E-state index in [9.17, 15) is 0 Å². The lowest BCUT2D eigenvalue weighted by Gasteiger charge is -2.14. The zero-order chi connectivity index (χ0) is 33.5. The summed E-state index contributed by atoms with van der Waals surface area (Å²) in [6.45, 7) is 0. The Bertz CT molecular complexity index is 3070. The molecule has 0 unspecified atom stereocenters. The quantitative estimate of drug-likeness (QED) is 0.177. The fourth-order valence-electron chi connectivity index (χ4n) is 8.40. The second kappa shape index (κ2) is 11.2. The largest absolute Gasteiger partial charge is 0.309 e. The van der Waals surface area contributed by atoms with Crippen LogP contribution in [-0.4, -0.2) is 9.13 Å². The lowest BCUT2D eigenvalue weighted by Crippen LogP contribution is -1.96. The maximum absolute atomic E-state index is 2.48. The molecule has 0 atom stereocenters. The van der Waals surface area contributed by atoms with Gasteiger partial charge in [-0.1, -0.05) is 109 Å². The van der Waals surface area contributed by atoms with Crippen molar-refractivity contribution >= 4 is 80.7 Å². The first-order valence-corrected chi connectivity index (χ1v) is 18.6. The van der Waals surface area contributed by atoms with Crippen LogP contribution in [-0.2, 0) is 0 Å². The van der Waals surface area contributed by atoms with E-state index in [1.54, 1.807) is 0 Å². The topological polar surface area (TPSA) is 9.86 Å². The summed E-state index contributed by atoms with van der Waals surface area (Å²) in [6.07, 6.45) is 9.24. The molecule has 10 aromatic rings. The molecule has 0 saturated heterocycles. The number of allylic oxidation sites excluding steroid dienone is 4. The van der Waals surface area contributed by atoms with Crippen molar-refractivity contribution in [1.29, 1.82) is 0 Å². The van der Waals surface area contributed by atoms with Crippen LogP contribution < -0.4 is 0 Å². The second-order valence-corrected chi connectivity index (χ2v) is 14.7. The zero-order valence-electron chi connectivity index (χ0n) is 27.9. The molecule has 0 N–H and O–H groups in total. The molecule has 1 aliphatic rings. The lowest BCUT2D eigenvalue weighted by atomic mass is 9.97. The molecule has 0 spiro atoms. The van der Waals surface area contributed by atoms with Crippen molar-refractivity contribution < 1.29 is 0 Å². The number of para-hydroxylation sites is 3. The van der Waals surface area contributed by atoms with Gasteiger partial charge in [0, 0.05) is 58.7 Å². The van der Waals surface area contributed by atoms with Crippen LogP contribution in [0.1, 0.15) is 18.4 Å². The number of fused-ring (bicyclic) bond motifs is 9. The third-order valence-electron chi connectivity index (χ3n) is 10.7. The molecule has 0 fully saturated rings. The van der Waals surface area contributed by atoms with Crippen molar-refractivity contribution in [3.63, 3.8) is 0 Å². The van der Waals surface area contributed by atoms with E-state index < -0.39 is 0 Å². The summed E-state index contributed by atoms with van der Waals surface area (Å²) in [7, 11) is 0. The van der Waals surface area contributed by atoms with E-state index in [1.165, 1.54) is 97.4 Å². The van der Waals surface area contributed by atoms with Gasteiger partial charge in [-0.25, -0.2) is 0 Å². The van der Waals surface area contributed by atoms with E-state index in [0.29, 0.717) is 0 Å². The van der Waals surface area contributed by atoms with Crippen molar-refractivity contribution in [2.45, 2.75) is 12.8 Å². The third-order valence-corrected chi connectivity index (χ3v) is 11.9. The zero-order valence-corrected chi connectivity index (χ0v) is 28.7. The molecule has 11 rings (SSSR count). The average Bonchev–Trinajstić information content (AvgIpc) is 3.85. The van der Waals surface area contributed by atoms with Crippen LogP contribution in [0.25, 0.3) is 91.9 Å². The molecule has 240 valence electrons. The molecule has 0 saturated carbocycles. The Hall–Kier alpha value is -6.16. The van der Waals surface area contributed by atoms with Gasteiger partial charge in [0.1, 0.15) is 0 Å². The van der Waals surface area contributed by atoms with E-state index >= 15 is 0 Å². The van der Waals surface area contributed by atoms with E-state index in [-0.39, 0.29) is 0 Å². The van der Waals surface area contributed by atoms with Crippen LogP contribution in [0.15, 0.2) is 170 Å².